The van der Waals surface area contributed by atoms with Crippen LogP contribution in [0.25, 0.3) is 0 Å². The van der Waals surface area contributed by atoms with Gasteiger partial charge in [-0.1, -0.05) is 5.92 Å². The van der Waals surface area contributed by atoms with E-state index in [0.717, 1.165) is 12.8 Å². The second-order valence-corrected chi connectivity index (χ2v) is 3.42. The lowest BCUT2D eigenvalue weighted by Crippen LogP contribution is -2.29. The van der Waals surface area contributed by atoms with Gasteiger partial charge in [-0.05, 0) is 26.2 Å². The van der Waals surface area contributed by atoms with Gasteiger partial charge in [0.1, 0.15) is 5.78 Å². The van der Waals surface area contributed by atoms with E-state index in [1.807, 2.05) is 0 Å². The molecule has 5 nitrogen and oxygen atoms in total. The van der Waals surface area contributed by atoms with Crippen LogP contribution in [0.1, 0.15) is 26.2 Å². The molecule has 5 heteroatoms. The SMILES string of the molecule is C#CCOC(=O)NCCCCC(N)C(C)=O. The maximum absolute atomic E-state index is 10.9. The molecule has 0 aliphatic carbocycles. The van der Waals surface area contributed by atoms with Gasteiger partial charge < -0.3 is 15.8 Å². The molecule has 0 saturated heterocycles. The number of unbranched alkanes of at least 4 members (excludes halogenated alkanes) is 1. The molecule has 0 aromatic carbocycles. The topological polar surface area (TPSA) is 81.4 Å². The normalized spacial score (nSPS) is 11.3. The lowest BCUT2D eigenvalue weighted by Gasteiger charge is -2.07. The van der Waals surface area contributed by atoms with Crippen LogP contribution in [0.15, 0.2) is 0 Å². The summed E-state index contributed by atoms with van der Waals surface area (Å²) < 4.78 is 4.59. The molecule has 0 radical (unpaired) electrons. The highest BCUT2D eigenvalue weighted by Gasteiger charge is 2.07. The minimum absolute atomic E-state index is 0.0126. The molecule has 0 spiro atoms. The average Bonchev–Trinajstić information content (AvgIpc) is 2.25. The number of terminal acetylenes is 1. The van der Waals surface area contributed by atoms with Crippen LogP contribution in [0.4, 0.5) is 4.79 Å². The molecule has 0 rings (SSSR count). The molecule has 0 saturated carbocycles. The summed E-state index contributed by atoms with van der Waals surface area (Å²) in [7, 11) is 0. The van der Waals surface area contributed by atoms with Crippen molar-refractivity contribution >= 4 is 11.9 Å². The van der Waals surface area contributed by atoms with Crippen LogP contribution in [-0.2, 0) is 9.53 Å². The van der Waals surface area contributed by atoms with E-state index in [4.69, 9.17) is 12.2 Å². The fourth-order valence-corrected chi connectivity index (χ4v) is 1.04. The fraction of sp³-hybridized carbons (Fsp3) is 0.636. The van der Waals surface area contributed by atoms with Crippen molar-refractivity contribution in [3.8, 4) is 12.3 Å². The van der Waals surface area contributed by atoms with E-state index in [1.54, 1.807) is 0 Å². The van der Waals surface area contributed by atoms with Crippen molar-refractivity contribution < 1.29 is 14.3 Å². The maximum atomic E-state index is 10.9. The zero-order chi connectivity index (χ0) is 12.4. The standard InChI is InChI=1S/C11H18N2O3/c1-3-8-16-11(15)13-7-5-4-6-10(12)9(2)14/h1,10H,4-8,12H2,2H3,(H,13,15). The second-order valence-electron chi connectivity index (χ2n) is 3.42. The van der Waals surface area contributed by atoms with Crippen LogP contribution in [0.3, 0.4) is 0 Å². The van der Waals surface area contributed by atoms with Gasteiger partial charge in [-0.15, -0.1) is 6.42 Å². The monoisotopic (exact) mass is 226 g/mol. The van der Waals surface area contributed by atoms with E-state index in [9.17, 15) is 9.59 Å². The number of carbonyl (C=O) groups excluding carboxylic acids is 2. The first-order valence-electron chi connectivity index (χ1n) is 5.18. The zero-order valence-electron chi connectivity index (χ0n) is 9.49. The van der Waals surface area contributed by atoms with Crippen LogP contribution in [0, 0.1) is 12.3 Å². The first kappa shape index (κ1) is 14.5. The van der Waals surface area contributed by atoms with Crippen molar-refractivity contribution in [2.75, 3.05) is 13.2 Å². The molecule has 16 heavy (non-hydrogen) atoms. The number of carbonyl (C=O) groups is 2. The van der Waals surface area contributed by atoms with E-state index in [0.29, 0.717) is 13.0 Å². The number of alkyl carbamates (subject to hydrolysis) is 1. The number of hydrogen-bond donors (Lipinski definition) is 2. The summed E-state index contributed by atoms with van der Waals surface area (Å²) in [4.78, 5) is 21.7. The molecular formula is C11H18N2O3. The smallest absolute Gasteiger partial charge is 0.408 e. The highest BCUT2D eigenvalue weighted by atomic mass is 16.5. The molecule has 90 valence electrons. The summed E-state index contributed by atoms with van der Waals surface area (Å²) in [5, 5.41) is 2.54. The van der Waals surface area contributed by atoms with Crippen LogP contribution in [-0.4, -0.2) is 31.1 Å². The van der Waals surface area contributed by atoms with Gasteiger partial charge in [-0.25, -0.2) is 4.79 Å². The minimum Gasteiger partial charge on any atom is -0.436 e. The Morgan fingerprint density at radius 3 is 2.75 bits per heavy atom. The van der Waals surface area contributed by atoms with Crippen LogP contribution < -0.4 is 11.1 Å². The van der Waals surface area contributed by atoms with Crippen molar-refractivity contribution in [1.29, 1.82) is 0 Å². The molecule has 1 atom stereocenters. The van der Waals surface area contributed by atoms with Gasteiger partial charge in [0, 0.05) is 6.54 Å². The van der Waals surface area contributed by atoms with Crippen molar-refractivity contribution in [2.24, 2.45) is 5.73 Å². The van der Waals surface area contributed by atoms with Gasteiger partial charge in [-0.3, -0.25) is 4.79 Å². The van der Waals surface area contributed by atoms with Crippen molar-refractivity contribution in [3.05, 3.63) is 0 Å². The van der Waals surface area contributed by atoms with Gasteiger partial charge in [0.15, 0.2) is 6.61 Å². The van der Waals surface area contributed by atoms with Gasteiger partial charge in [-0.2, -0.15) is 0 Å². The molecular weight excluding hydrogens is 208 g/mol. The number of Topliss-reactive ketones (excluding diaryl/α,β-unsaturated/α-hetero) is 1. The Morgan fingerprint density at radius 2 is 2.19 bits per heavy atom. The molecule has 0 fully saturated rings. The average molecular weight is 226 g/mol. The summed E-state index contributed by atoms with van der Waals surface area (Å²) >= 11 is 0. The van der Waals surface area contributed by atoms with E-state index < -0.39 is 12.1 Å². The van der Waals surface area contributed by atoms with E-state index >= 15 is 0 Å². The van der Waals surface area contributed by atoms with Gasteiger partial charge >= 0.3 is 6.09 Å². The summed E-state index contributed by atoms with van der Waals surface area (Å²) in [6.07, 6.45) is 6.57. The van der Waals surface area contributed by atoms with Gasteiger partial charge in [0.2, 0.25) is 0 Å². The second kappa shape index (κ2) is 8.74. The Hall–Kier alpha value is -1.54. The number of hydrogen-bond acceptors (Lipinski definition) is 4. The predicted octanol–water partition coefficient (Wildman–Crippen LogP) is 0.432. The fourth-order valence-electron chi connectivity index (χ4n) is 1.04. The van der Waals surface area contributed by atoms with E-state index in [1.165, 1.54) is 6.92 Å². The molecule has 1 unspecified atom stereocenters. The summed E-state index contributed by atoms with van der Waals surface area (Å²) in [5.41, 5.74) is 5.54. The molecule has 0 aliphatic heterocycles. The lowest BCUT2D eigenvalue weighted by molar-refractivity contribution is -0.118. The number of ketones is 1. The van der Waals surface area contributed by atoms with E-state index in [-0.39, 0.29) is 12.4 Å². The van der Waals surface area contributed by atoms with Gasteiger partial charge in [0.05, 0.1) is 6.04 Å². The minimum atomic E-state index is -0.520. The Bertz CT molecular complexity index is 271. The maximum Gasteiger partial charge on any atom is 0.408 e. The Morgan fingerprint density at radius 1 is 1.50 bits per heavy atom. The molecule has 1 amide bonds. The number of rotatable bonds is 7. The zero-order valence-corrected chi connectivity index (χ0v) is 9.49. The number of nitrogens with one attached hydrogen (secondary N) is 1. The number of amides is 1. The first-order valence-corrected chi connectivity index (χ1v) is 5.18. The van der Waals surface area contributed by atoms with E-state index in [2.05, 4.69) is 16.0 Å². The lowest BCUT2D eigenvalue weighted by atomic mass is 10.1. The highest BCUT2D eigenvalue weighted by Crippen LogP contribution is 1.98. The van der Waals surface area contributed by atoms with Crippen LogP contribution in [0.2, 0.25) is 0 Å². The Kier molecular flexibility index (Phi) is 7.90. The highest BCUT2D eigenvalue weighted by molar-refractivity contribution is 5.81. The van der Waals surface area contributed by atoms with Gasteiger partial charge in [0.25, 0.3) is 0 Å². The van der Waals surface area contributed by atoms with Crippen molar-refractivity contribution in [2.45, 2.75) is 32.2 Å². The molecule has 0 aliphatic rings. The third kappa shape index (κ3) is 7.83. The predicted molar refractivity (Wildman–Crippen MR) is 60.7 cm³/mol. The van der Waals surface area contributed by atoms with Crippen molar-refractivity contribution in [3.63, 3.8) is 0 Å². The number of nitrogens with two attached hydrogens (primary N) is 1. The van der Waals surface area contributed by atoms with Crippen molar-refractivity contribution in [1.82, 2.24) is 5.32 Å². The van der Waals surface area contributed by atoms with Crippen LogP contribution in [0.5, 0.6) is 0 Å². The van der Waals surface area contributed by atoms with Crippen LogP contribution >= 0.6 is 0 Å². The molecule has 0 aromatic heterocycles. The molecule has 0 heterocycles. The summed E-state index contributed by atoms with van der Waals surface area (Å²) in [6, 6.07) is -0.395. The quantitative estimate of drug-likeness (QED) is 0.487. The third-order valence-corrected chi connectivity index (χ3v) is 2.02. The number of ether oxygens (including phenoxy) is 1. The molecule has 0 bridgehead atoms. The largest absolute Gasteiger partial charge is 0.436 e. The third-order valence-electron chi connectivity index (χ3n) is 2.02. The first-order chi connectivity index (χ1) is 7.57. The molecule has 0 aromatic rings. The summed E-state index contributed by atoms with van der Waals surface area (Å²) in [6.45, 7) is 1.94. The molecule has 3 N–H and O–H groups in total. The Labute approximate surface area is 95.7 Å². The Balaban J connectivity index is 3.37. The summed E-state index contributed by atoms with van der Waals surface area (Å²) in [5.74, 6) is 2.18.